The van der Waals surface area contributed by atoms with Crippen molar-refractivity contribution in [2.75, 3.05) is 13.7 Å². The Bertz CT molecular complexity index is 1100. The molecule has 0 aromatic heterocycles. The van der Waals surface area contributed by atoms with Crippen molar-refractivity contribution in [3.63, 3.8) is 0 Å². The van der Waals surface area contributed by atoms with E-state index < -0.39 is 11.6 Å². The monoisotopic (exact) mass is 402 g/mol. The number of ether oxygens (including phenoxy) is 1. The Labute approximate surface area is 174 Å². The summed E-state index contributed by atoms with van der Waals surface area (Å²) in [5, 5.41) is 19.9. The van der Waals surface area contributed by atoms with Crippen molar-refractivity contribution in [3.05, 3.63) is 95.6 Å². The fourth-order valence-electron chi connectivity index (χ4n) is 3.52. The van der Waals surface area contributed by atoms with E-state index in [4.69, 9.17) is 4.74 Å². The van der Waals surface area contributed by atoms with Crippen LogP contribution in [0.3, 0.4) is 0 Å². The molecule has 0 saturated heterocycles. The first kappa shape index (κ1) is 21.0. The summed E-state index contributed by atoms with van der Waals surface area (Å²) >= 11 is 0. The predicted molar refractivity (Wildman–Crippen MR) is 115 cm³/mol. The molecule has 0 aliphatic heterocycles. The van der Waals surface area contributed by atoms with Gasteiger partial charge >= 0.3 is 0 Å². The molecule has 2 N–H and O–H groups in total. The molecule has 3 rings (SSSR count). The van der Waals surface area contributed by atoms with Crippen molar-refractivity contribution < 1.29 is 24.5 Å². The molecule has 0 amide bonds. The van der Waals surface area contributed by atoms with Crippen LogP contribution in [0.2, 0.25) is 0 Å². The SMILES string of the molecule is C=CC(=O)c1cc(C(=O)c2ccccc2O)c(-c2ccccc2)c(CCO)c1OC. The third-order valence-electron chi connectivity index (χ3n) is 4.85. The van der Waals surface area contributed by atoms with Crippen LogP contribution in [-0.4, -0.2) is 35.5 Å². The number of methoxy groups -OCH3 is 1. The van der Waals surface area contributed by atoms with Crippen LogP contribution < -0.4 is 4.74 Å². The lowest BCUT2D eigenvalue weighted by Crippen LogP contribution is -2.12. The highest BCUT2D eigenvalue weighted by atomic mass is 16.5. The topological polar surface area (TPSA) is 83.8 Å². The Morgan fingerprint density at radius 2 is 1.67 bits per heavy atom. The van der Waals surface area contributed by atoms with Crippen molar-refractivity contribution >= 4 is 11.6 Å². The number of aliphatic hydroxyl groups excluding tert-OH is 1. The number of ketones is 2. The van der Waals surface area contributed by atoms with Crippen LogP contribution in [0.4, 0.5) is 0 Å². The molecule has 0 heterocycles. The first-order chi connectivity index (χ1) is 14.5. The average molecular weight is 402 g/mol. The van der Waals surface area contributed by atoms with Gasteiger partial charge in [-0.2, -0.15) is 0 Å². The molecule has 0 saturated carbocycles. The fourth-order valence-corrected chi connectivity index (χ4v) is 3.52. The van der Waals surface area contributed by atoms with E-state index in [0.29, 0.717) is 16.9 Å². The minimum Gasteiger partial charge on any atom is -0.507 e. The summed E-state index contributed by atoms with van der Waals surface area (Å²) < 4.78 is 5.54. The zero-order valence-electron chi connectivity index (χ0n) is 16.6. The smallest absolute Gasteiger partial charge is 0.197 e. The zero-order chi connectivity index (χ0) is 21.7. The highest BCUT2D eigenvalue weighted by Crippen LogP contribution is 2.39. The Morgan fingerprint density at radius 1 is 1.00 bits per heavy atom. The molecule has 5 nitrogen and oxygen atoms in total. The van der Waals surface area contributed by atoms with Crippen LogP contribution in [-0.2, 0) is 6.42 Å². The van der Waals surface area contributed by atoms with Gasteiger partial charge in [-0.15, -0.1) is 0 Å². The van der Waals surface area contributed by atoms with E-state index in [9.17, 15) is 19.8 Å². The third kappa shape index (κ3) is 3.88. The first-order valence-electron chi connectivity index (χ1n) is 9.43. The maximum atomic E-state index is 13.5. The first-order valence-corrected chi connectivity index (χ1v) is 9.43. The number of carbonyl (C=O) groups is 2. The molecule has 0 spiro atoms. The summed E-state index contributed by atoms with van der Waals surface area (Å²) in [5.41, 5.74) is 2.35. The van der Waals surface area contributed by atoms with Gasteiger partial charge < -0.3 is 14.9 Å². The number of phenols is 1. The van der Waals surface area contributed by atoms with Gasteiger partial charge in [0.1, 0.15) is 11.5 Å². The van der Waals surface area contributed by atoms with Gasteiger partial charge in [0.25, 0.3) is 0 Å². The molecule has 3 aromatic rings. The molecule has 0 atom stereocenters. The van der Waals surface area contributed by atoms with E-state index in [2.05, 4.69) is 6.58 Å². The zero-order valence-corrected chi connectivity index (χ0v) is 16.6. The van der Waals surface area contributed by atoms with Crippen LogP contribution in [0, 0.1) is 0 Å². The number of allylic oxidation sites excluding steroid dienone is 1. The highest BCUT2D eigenvalue weighted by molar-refractivity contribution is 6.17. The lowest BCUT2D eigenvalue weighted by atomic mass is 9.85. The van der Waals surface area contributed by atoms with E-state index in [1.807, 2.05) is 30.3 Å². The van der Waals surface area contributed by atoms with Crippen molar-refractivity contribution in [2.45, 2.75) is 6.42 Å². The minimum atomic E-state index is -0.438. The number of rotatable bonds is 8. The standard InChI is InChI=1S/C25H22O5/c1-3-21(27)19-15-20(24(29)17-11-7-8-12-22(17)28)23(16-9-5-4-6-10-16)18(13-14-26)25(19)30-2/h3-12,15,26,28H,1,13-14H2,2H3. The number of aromatic hydroxyl groups is 1. The normalized spacial score (nSPS) is 10.5. The largest absolute Gasteiger partial charge is 0.507 e. The molecule has 0 aliphatic carbocycles. The Hall–Kier alpha value is -3.70. The molecule has 30 heavy (non-hydrogen) atoms. The van der Waals surface area contributed by atoms with E-state index >= 15 is 0 Å². The van der Waals surface area contributed by atoms with Gasteiger partial charge in [0.05, 0.1) is 18.2 Å². The van der Waals surface area contributed by atoms with E-state index in [1.54, 1.807) is 12.1 Å². The predicted octanol–water partition coefficient (Wildman–Crippen LogP) is 4.20. The van der Waals surface area contributed by atoms with E-state index in [1.165, 1.54) is 25.3 Å². The van der Waals surface area contributed by atoms with Crippen molar-refractivity contribution in [2.24, 2.45) is 0 Å². The van der Waals surface area contributed by atoms with E-state index in [0.717, 1.165) is 11.6 Å². The van der Waals surface area contributed by atoms with Crippen LogP contribution in [0.15, 0.2) is 73.3 Å². The van der Waals surface area contributed by atoms with Crippen LogP contribution in [0.25, 0.3) is 11.1 Å². The number of hydrogen-bond donors (Lipinski definition) is 2. The van der Waals surface area contributed by atoms with Crippen LogP contribution in [0.5, 0.6) is 11.5 Å². The number of carbonyl (C=O) groups excluding carboxylic acids is 2. The molecular weight excluding hydrogens is 380 g/mol. The quantitative estimate of drug-likeness (QED) is 0.436. The second-order valence-electron chi connectivity index (χ2n) is 6.61. The third-order valence-corrected chi connectivity index (χ3v) is 4.85. The summed E-state index contributed by atoms with van der Waals surface area (Å²) in [7, 11) is 1.44. The van der Waals surface area contributed by atoms with Crippen molar-refractivity contribution in [3.8, 4) is 22.6 Å². The molecule has 5 heteroatoms. The fraction of sp³-hybridized carbons (Fsp3) is 0.120. The number of benzene rings is 3. The molecule has 3 aromatic carbocycles. The van der Waals surface area contributed by atoms with Crippen LogP contribution >= 0.6 is 0 Å². The lowest BCUT2D eigenvalue weighted by molar-refractivity contribution is 0.103. The molecule has 0 radical (unpaired) electrons. The van der Waals surface area contributed by atoms with Gasteiger partial charge in [-0.1, -0.05) is 49.0 Å². The van der Waals surface area contributed by atoms with Crippen LogP contribution in [0.1, 0.15) is 31.8 Å². The highest BCUT2D eigenvalue weighted by Gasteiger charge is 2.26. The van der Waals surface area contributed by atoms with Gasteiger partial charge in [0, 0.05) is 17.7 Å². The summed E-state index contributed by atoms with van der Waals surface area (Å²) in [6.07, 6.45) is 1.32. The minimum absolute atomic E-state index is 0.117. The molecular formula is C25H22O5. The Kier molecular flexibility index (Phi) is 6.45. The maximum Gasteiger partial charge on any atom is 0.197 e. The maximum absolute atomic E-state index is 13.5. The molecule has 0 aliphatic rings. The van der Waals surface area contributed by atoms with Gasteiger partial charge in [-0.25, -0.2) is 0 Å². The lowest BCUT2D eigenvalue weighted by Gasteiger charge is -2.20. The van der Waals surface area contributed by atoms with E-state index in [-0.39, 0.29) is 35.5 Å². The molecule has 0 fully saturated rings. The molecule has 152 valence electrons. The molecule has 0 bridgehead atoms. The number of aliphatic hydroxyl groups is 1. The van der Waals surface area contributed by atoms with Gasteiger partial charge in [0.15, 0.2) is 11.6 Å². The van der Waals surface area contributed by atoms with Crippen molar-refractivity contribution in [1.29, 1.82) is 0 Å². The summed E-state index contributed by atoms with van der Waals surface area (Å²) in [5.74, 6) is -0.705. The second-order valence-corrected chi connectivity index (χ2v) is 6.61. The average Bonchev–Trinajstić information content (AvgIpc) is 2.78. The van der Waals surface area contributed by atoms with Crippen molar-refractivity contribution in [1.82, 2.24) is 0 Å². The Morgan fingerprint density at radius 3 is 2.27 bits per heavy atom. The second kappa shape index (κ2) is 9.20. The molecule has 0 unspecified atom stereocenters. The van der Waals surface area contributed by atoms with Gasteiger partial charge in [0.2, 0.25) is 0 Å². The summed E-state index contributed by atoms with van der Waals surface area (Å²) in [6, 6.07) is 16.9. The summed E-state index contributed by atoms with van der Waals surface area (Å²) in [6.45, 7) is 3.33. The number of hydrogen-bond acceptors (Lipinski definition) is 5. The number of para-hydroxylation sites is 1. The summed E-state index contributed by atoms with van der Waals surface area (Å²) in [4.78, 5) is 26.0. The van der Waals surface area contributed by atoms with Gasteiger partial charge in [-0.05, 0) is 41.8 Å². The van der Waals surface area contributed by atoms with Gasteiger partial charge in [-0.3, -0.25) is 9.59 Å². The Balaban J connectivity index is 2.43. The number of phenolic OH excluding ortho intramolecular Hbond substituents is 1.